The van der Waals surface area contributed by atoms with Gasteiger partial charge in [0.05, 0.1) is 18.8 Å². The van der Waals surface area contributed by atoms with Crippen molar-refractivity contribution in [2.45, 2.75) is 12.8 Å². The summed E-state index contributed by atoms with van der Waals surface area (Å²) in [4.78, 5) is 30.6. The number of hydrogen-bond donors (Lipinski definition) is 3. The van der Waals surface area contributed by atoms with Gasteiger partial charge in [0.2, 0.25) is 5.91 Å². The molecule has 67 valence electrons. The van der Waals surface area contributed by atoms with Crippen LogP contribution in [0.2, 0.25) is 0 Å². The highest BCUT2D eigenvalue weighted by atomic mass is 16.4. The van der Waals surface area contributed by atoms with E-state index >= 15 is 0 Å². The second-order valence-corrected chi connectivity index (χ2v) is 2.11. The number of rotatable bonds is 5. The first kappa shape index (κ1) is 10.4. The van der Waals surface area contributed by atoms with Crippen molar-refractivity contribution in [2.24, 2.45) is 5.73 Å². The number of primary amides is 1. The van der Waals surface area contributed by atoms with Crippen molar-refractivity contribution in [3.05, 3.63) is 5.92 Å². The summed E-state index contributed by atoms with van der Waals surface area (Å²) in [6.07, 6.45) is -1.25. The topological polar surface area (TPSA) is 118 Å². The van der Waals surface area contributed by atoms with Gasteiger partial charge in [0, 0.05) is 0 Å². The fourth-order valence-electron chi connectivity index (χ4n) is 0.602. The van der Waals surface area contributed by atoms with E-state index in [2.05, 4.69) is 0 Å². The third-order valence-corrected chi connectivity index (χ3v) is 1.08. The van der Waals surface area contributed by atoms with E-state index in [1.54, 1.807) is 0 Å². The van der Waals surface area contributed by atoms with Gasteiger partial charge < -0.3 is 15.9 Å². The lowest BCUT2D eigenvalue weighted by atomic mass is 10.0. The number of amides is 1. The molecule has 0 heterocycles. The van der Waals surface area contributed by atoms with Crippen LogP contribution in [0.1, 0.15) is 12.8 Å². The van der Waals surface area contributed by atoms with Crippen molar-refractivity contribution >= 4 is 17.8 Å². The minimum absolute atomic E-state index is 0.310. The molecule has 0 aromatic rings. The van der Waals surface area contributed by atoms with Crippen molar-refractivity contribution in [3.8, 4) is 0 Å². The highest BCUT2D eigenvalue weighted by Gasteiger charge is 2.22. The SMILES string of the molecule is NC(=O)[C](CC(=O)O)CC(=O)O. The first-order valence-electron chi connectivity index (χ1n) is 3.01. The molecular formula is C6H8NO5. The molecule has 4 N–H and O–H groups in total. The Labute approximate surface area is 68.0 Å². The molecule has 6 nitrogen and oxygen atoms in total. The summed E-state index contributed by atoms with van der Waals surface area (Å²) in [5, 5.41) is 16.4. The molecule has 0 unspecified atom stereocenters. The van der Waals surface area contributed by atoms with Gasteiger partial charge in [-0.2, -0.15) is 0 Å². The van der Waals surface area contributed by atoms with Crippen molar-refractivity contribution in [3.63, 3.8) is 0 Å². The molecule has 1 amide bonds. The normalized spacial score (nSPS) is 9.75. The van der Waals surface area contributed by atoms with E-state index in [0.717, 1.165) is 0 Å². The van der Waals surface area contributed by atoms with Gasteiger partial charge in [-0.1, -0.05) is 0 Å². The number of nitrogens with two attached hydrogens (primary N) is 1. The molecule has 0 bridgehead atoms. The summed E-state index contributed by atoms with van der Waals surface area (Å²) in [7, 11) is 0. The molecule has 0 rings (SSSR count). The molecule has 12 heavy (non-hydrogen) atoms. The van der Waals surface area contributed by atoms with Gasteiger partial charge in [0.15, 0.2) is 0 Å². The van der Waals surface area contributed by atoms with Crippen LogP contribution in [0.4, 0.5) is 0 Å². The Kier molecular flexibility index (Phi) is 3.75. The molecule has 6 heteroatoms. The Balaban J connectivity index is 4.14. The molecule has 0 saturated heterocycles. The zero-order valence-corrected chi connectivity index (χ0v) is 6.11. The summed E-state index contributed by atoms with van der Waals surface area (Å²) in [6.45, 7) is 0. The molecule has 0 aliphatic carbocycles. The third kappa shape index (κ3) is 4.26. The lowest BCUT2D eigenvalue weighted by Crippen LogP contribution is -2.25. The first-order valence-corrected chi connectivity index (χ1v) is 3.01. The van der Waals surface area contributed by atoms with E-state index in [0.29, 0.717) is 0 Å². The predicted octanol–water partition coefficient (Wildman–Crippen LogP) is -1.00. The van der Waals surface area contributed by atoms with Crippen LogP contribution in [0, 0.1) is 5.92 Å². The number of carbonyl (C=O) groups is 3. The highest BCUT2D eigenvalue weighted by molar-refractivity contribution is 5.96. The van der Waals surface area contributed by atoms with E-state index < -0.39 is 30.7 Å². The lowest BCUT2D eigenvalue weighted by Gasteiger charge is -2.05. The van der Waals surface area contributed by atoms with Crippen molar-refractivity contribution < 1.29 is 24.6 Å². The standard InChI is InChI=1S/C6H8NO5/c7-6(12)3(1-4(8)9)2-5(10)11/h1-2H2,(H2,7,12)(H,8,9)(H,10,11). The summed E-state index contributed by atoms with van der Waals surface area (Å²) >= 11 is 0. The number of hydrogen-bond acceptors (Lipinski definition) is 3. The van der Waals surface area contributed by atoms with Crippen LogP contribution >= 0.6 is 0 Å². The summed E-state index contributed by atoms with van der Waals surface area (Å²) < 4.78 is 0. The molecular weight excluding hydrogens is 166 g/mol. The van der Waals surface area contributed by atoms with Crippen LogP contribution in [0.25, 0.3) is 0 Å². The number of carbonyl (C=O) groups excluding carboxylic acids is 1. The fraction of sp³-hybridized carbons (Fsp3) is 0.333. The van der Waals surface area contributed by atoms with Gasteiger partial charge in [-0.15, -0.1) is 0 Å². The van der Waals surface area contributed by atoms with Gasteiger partial charge in [-0.3, -0.25) is 14.4 Å². The minimum Gasteiger partial charge on any atom is -0.481 e. The monoisotopic (exact) mass is 174 g/mol. The second kappa shape index (κ2) is 4.32. The Morgan fingerprint density at radius 2 is 1.33 bits per heavy atom. The van der Waals surface area contributed by atoms with Crippen LogP contribution < -0.4 is 5.73 Å². The molecule has 0 fully saturated rings. The summed E-state index contributed by atoms with van der Waals surface area (Å²) in [6, 6.07) is 0. The van der Waals surface area contributed by atoms with Crippen LogP contribution in [-0.2, 0) is 14.4 Å². The first-order chi connectivity index (χ1) is 5.43. The zero-order chi connectivity index (χ0) is 9.72. The molecule has 0 spiro atoms. The van der Waals surface area contributed by atoms with Crippen LogP contribution in [-0.4, -0.2) is 28.1 Å². The van der Waals surface area contributed by atoms with Gasteiger partial charge in [-0.25, -0.2) is 0 Å². The Hall–Kier alpha value is -1.59. The van der Waals surface area contributed by atoms with Gasteiger partial charge >= 0.3 is 11.9 Å². The number of aliphatic carboxylic acids is 2. The minimum atomic E-state index is -1.27. The van der Waals surface area contributed by atoms with Gasteiger partial charge in [0.25, 0.3) is 0 Å². The molecule has 0 aliphatic heterocycles. The maximum absolute atomic E-state index is 10.4. The van der Waals surface area contributed by atoms with Gasteiger partial charge in [0.1, 0.15) is 0 Å². The molecule has 0 atom stereocenters. The quantitative estimate of drug-likeness (QED) is 0.493. The second-order valence-electron chi connectivity index (χ2n) is 2.11. The smallest absolute Gasteiger partial charge is 0.304 e. The molecule has 0 aliphatic rings. The van der Waals surface area contributed by atoms with Crippen molar-refractivity contribution in [1.82, 2.24) is 0 Å². The summed E-state index contributed by atoms with van der Waals surface area (Å²) in [5.74, 6) is -3.84. The zero-order valence-electron chi connectivity index (χ0n) is 6.11. The van der Waals surface area contributed by atoms with E-state index in [4.69, 9.17) is 15.9 Å². The maximum Gasteiger partial charge on any atom is 0.304 e. The fourth-order valence-corrected chi connectivity index (χ4v) is 0.602. The van der Waals surface area contributed by atoms with Crippen LogP contribution in [0.3, 0.4) is 0 Å². The Bertz CT molecular complexity index is 196. The highest BCUT2D eigenvalue weighted by Crippen LogP contribution is 2.10. The lowest BCUT2D eigenvalue weighted by molar-refractivity contribution is -0.139. The molecule has 1 radical (unpaired) electrons. The largest absolute Gasteiger partial charge is 0.481 e. The summed E-state index contributed by atoms with van der Waals surface area (Å²) in [5.41, 5.74) is 4.73. The number of carboxylic acid groups (broad SMARTS) is 2. The van der Waals surface area contributed by atoms with Gasteiger partial charge in [-0.05, 0) is 0 Å². The number of carboxylic acids is 2. The van der Waals surface area contributed by atoms with Crippen LogP contribution in [0.15, 0.2) is 0 Å². The molecule has 0 aromatic carbocycles. The Morgan fingerprint density at radius 1 is 1.00 bits per heavy atom. The predicted molar refractivity (Wildman–Crippen MR) is 36.9 cm³/mol. The third-order valence-electron chi connectivity index (χ3n) is 1.08. The average molecular weight is 174 g/mol. The average Bonchev–Trinajstić information content (AvgIpc) is 1.83. The van der Waals surface area contributed by atoms with E-state index in [1.165, 1.54) is 0 Å². The van der Waals surface area contributed by atoms with E-state index in [1.807, 2.05) is 0 Å². The molecule has 0 saturated carbocycles. The maximum atomic E-state index is 10.4. The Morgan fingerprint density at radius 3 is 1.50 bits per heavy atom. The van der Waals surface area contributed by atoms with Crippen molar-refractivity contribution in [2.75, 3.05) is 0 Å². The van der Waals surface area contributed by atoms with E-state index in [9.17, 15) is 14.4 Å². The van der Waals surface area contributed by atoms with Crippen molar-refractivity contribution in [1.29, 1.82) is 0 Å². The van der Waals surface area contributed by atoms with Crippen LogP contribution in [0.5, 0.6) is 0 Å². The van der Waals surface area contributed by atoms with E-state index in [-0.39, 0.29) is 5.92 Å². The molecule has 0 aromatic heterocycles.